The molecular weight excluding hydrogens is 314 g/mol. The van der Waals surface area contributed by atoms with Gasteiger partial charge in [0.2, 0.25) is 5.91 Å². The first-order valence-electron chi connectivity index (χ1n) is 7.80. The molecule has 0 bridgehead atoms. The number of carbonyl (C=O) groups excluding carboxylic acids is 2. The second kappa shape index (κ2) is 7.40. The van der Waals surface area contributed by atoms with Gasteiger partial charge < -0.3 is 9.88 Å². The van der Waals surface area contributed by atoms with Gasteiger partial charge in [0.25, 0.3) is 0 Å². The van der Waals surface area contributed by atoms with Gasteiger partial charge in [-0.25, -0.2) is 4.98 Å². The molecule has 1 amide bonds. The van der Waals surface area contributed by atoms with Crippen LogP contribution < -0.4 is 5.32 Å². The molecule has 2 aromatic carbocycles. The van der Waals surface area contributed by atoms with Crippen LogP contribution in [-0.4, -0.2) is 21.2 Å². The molecule has 0 saturated heterocycles. The fourth-order valence-electron chi connectivity index (χ4n) is 2.34. The van der Waals surface area contributed by atoms with Gasteiger partial charge in [-0.1, -0.05) is 24.3 Å². The number of hydrogen-bond donors (Lipinski definition) is 1. The molecule has 0 aliphatic rings. The molecule has 0 spiro atoms. The lowest BCUT2D eigenvalue weighted by atomic mass is 10.1. The zero-order chi connectivity index (χ0) is 17.6. The Morgan fingerprint density at radius 1 is 1.12 bits per heavy atom. The van der Waals surface area contributed by atoms with Crippen LogP contribution in [0.2, 0.25) is 0 Å². The minimum atomic E-state index is -0.251. The van der Waals surface area contributed by atoms with E-state index < -0.39 is 0 Å². The fourth-order valence-corrected chi connectivity index (χ4v) is 2.34. The van der Waals surface area contributed by atoms with Crippen molar-refractivity contribution in [2.75, 3.05) is 5.32 Å². The highest BCUT2D eigenvalue weighted by Gasteiger charge is 2.02. The monoisotopic (exact) mass is 331 g/mol. The Labute approximate surface area is 145 Å². The summed E-state index contributed by atoms with van der Waals surface area (Å²) >= 11 is 0. The first-order chi connectivity index (χ1) is 12.1. The molecule has 1 aromatic heterocycles. The first kappa shape index (κ1) is 16.4. The van der Waals surface area contributed by atoms with Gasteiger partial charge >= 0.3 is 0 Å². The number of anilines is 1. The standard InChI is InChI=1S/C20H17N3O2/c1-15(24)17-3-2-4-18(13-17)22-20(25)10-7-16-5-8-19(9-6-16)23-12-11-21-14-23/h2-14H,1H3,(H,22,25). The number of Topliss-reactive ketones (excluding diaryl/α,β-unsaturated/α-hetero) is 1. The zero-order valence-electron chi connectivity index (χ0n) is 13.7. The molecule has 0 aliphatic carbocycles. The maximum atomic E-state index is 12.0. The summed E-state index contributed by atoms with van der Waals surface area (Å²) < 4.78 is 1.90. The number of ketones is 1. The van der Waals surface area contributed by atoms with Crippen LogP contribution in [0.3, 0.4) is 0 Å². The van der Waals surface area contributed by atoms with E-state index in [1.54, 1.807) is 42.9 Å². The highest BCUT2D eigenvalue weighted by molar-refractivity contribution is 6.03. The Kier molecular flexibility index (Phi) is 4.85. The van der Waals surface area contributed by atoms with Crippen LogP contribution in [0.5, 0.6) is 0 Å². The van der Waals surface area contributed by atoms with E-state index in [1.165, 1.54) is 13.0 Å². The quantitative estimate of drug-likeness (QED) is 0.572. The van der Waals surface area contributed by atoms with Crippen LogP contribution in [0, 0.1) is 0 Å². The van der Waals surface area contributed by atoms with Gasteiger partial charge in [0.15, 0.2) is 5.78 Å². The fraction of sp³-hybridized carbons (Fsp3) is 0.0500. The maximum absolute atomic E-state index is 12.0. The van der Waals surface area contributed by atoms with Gasteiger partial charge in [-0.15, -0.1) is 0 Å². The third-order valence-corrected chi connectivity index (χ3v) is 3.66. The largest absolute Gasteiger partial charge is 0.322 e. The van der Waals surface area contributed by atoms with E-state index >= 15 is 0 Å². The van der Waals surface area contributed by atoms with Crippen LogP contribution in [0.15, 0.2) is 73.3 Å². The highest BCUT2D eigenvalue weighted by atomic mass is 16.1. The molecule has 0 aliphatic heterocycles. The molecule has 5 nitrogen and oxygen atoms in total. The van der Waals surface area contributed by atoms with Crippen molar-refractivity contribution < 1.29 is 9.59 Å². The molecule has 0 fully saturated rings. The molecule has 5 heteroatoms. The molecule has 25 heavy (non-hydrogen) atoms. The summed E-state index contributed by atoms with van der Waals surface area (Å²) in [4.78, 5) is 27.4. The van der Waals surface area contributed by atoms with Gasteiger partial charge in [0.1, 0.15) is 0 Å². The molecule has 3 rings (SSSR count). The second-order valence-corrected chi connectivity index (χ2v) is 5.52. The Morgan fingerprint density at radius 3 is 2.60 bits per heavy atom. The minimum absolute atomic E-state index is 0.0374. The average molecular weight is 331 g/mol. The van der Waals surface area contributed by atoms with Gasteiger partial charge in [0.05, 0.1) is 6.33 Å². The number of aromatic nitrogens is 2. The van der Waals surface area contributed by atoms with E-state index in [0.29, 0.717) is 11.3 Å². The predicted octanol–water partition coefficient (Wildman–Crippen LogP) is 3.73. The number of imidazole rings is 1. The summed E-state index contributed by atoms with van der Waals surface area (Å²) in [6.45, 7) is 1.49. The zero-order valence-corrected chi connectivity index (χ0v) is 13.7. The summed E-state index contributed by atoms with van der Waals surface area (Å²) in [6, 6.07) is 14.6. The van der Waals surface area contributed by atoms with E-state index in [2.05, 4.69) is 10.3 Å². The van der Waals surface area contributed by atoms with E-state index in [1.807, 2.05) is 35.0 Å². The van der Waals surface area contributed by atoms with Crippen molar-refractivity contribution in [2.24, 2.45) is 0 Å². The second-order valence-electron chi connectivity index (χ2n) is 5.52. The highest BCUT2D eigenvalue weighted by Crippen LogP contribution is 2.13. The summed E-state index contributed by atoms with van der Waals surface area (Å²) in [6.07, 6.45) is 8.52. The van der Waals surface area contributed by atoms with Crippen LogP contribution in [-0.2, 0) is 4.79 Å². The number of amides is 1. The lowest BCUT2D eigenvalue weighted by Crippen LogP contribution is -2.08. The smallest absolute Gasteiger partial charge is 0.248 e. The van der Waals surface area contributed by atoms with E-state index in [4.69, 9.17) is 0 Å². The topological polar surface area (TPSA) is 64.0 Å². The third kappa shape index (κ3) is 4.29. The number of nitrogens with zero attached hydrogens (tertiary/aromatic N) is 2. The SMILES string of the molecule is CC(=O)c1cccc(NC(=O)C=Cc2ccc(-n3ccnc3)cc2)c1. The van der Waals surface area contributed by atoms with E-state index in [0.717, 1.165) is 11.3 Å². The molecule has 124 valence electrons. The van der Waals surface area contributed by atoms with Crippen molar-refractivity contribution >= 4 is 23.5 Å². The molecule has 1 heterocycles. The predicted molar refractivity (Wildman–Crippen MR) is 97.7 cm³/mol. The van der Waals surface area contributed by atoms with Crippen molar-refractivity contribution in [2.45, 2.75) is 6.92 Å². The lowest BCUT2D eigenvalue weighted by molar-refractivity contribution is -0.111. The normalized spacial score (nSPS) is 10.8. The summed E-state index contributed by atoms with van der Waals surface area (Å²) in [5, 5.41) is 2.75. The van der Waals surface area contributed by atoms with Gasteiger partial charge in [0, 0.05) is 35.4 Å². The lowest BCUT2D eigenvalue weighted by Gasteiger charge is -2.04. The molecule has 1 N–H and O–H groups in total. The van der Waals surface area contributed by atoms with Crippen molar-refractivity contribution in [3.8, 4) is 5.69 Å². The number of benzene rings is 2. The number of carbonyl (C=O) groups is 2. The average Bonchev–Trinajstić information content (AvgIpc) is 3.15. The summed E-state index contributed by atoms with van der Waals surface area (Å²) in [7, 11) is 0. The minimum Gasteiger partial charge on any atom is -0.322 e. The summed E-state index contributed by atoms with van der Waals surface area (Å²) in [5.74, 6) is -0.288. The first-order valence-corrected chi connectivity index (χ1v) is 7.80. The Hall–Kier alpha value is -3.47. The number of nitrogens with one attached hydrogen (secondary N) is 1. The molecular formula is C20H17N3O2. The molecule has 0 atom stereocenters. The maximum Gasteiger partial charge on any atom is 0.248 e. The Morgan fingerprint density at radius 2 is 1.92 bits per heavy atom. The molecule has 0 unspecified atom stereocenters. The van der Waals surface area contributed by atoms with Crippen LogP contribution >= 0.6 is 0 Å². The van der Waals surface area contributed by atoms with Gasteiger partial charge in [-0.2, -0.15) is 0 Å². The van der Waals surface area contributed by atoms with E-state index in [-0.39, 0.29) is 11.7 Å². The van der Waals surface area contributed by atoms with Gasteiger partial charge in [-0.05, 0) is 42.8 Å². The van der Waals surface area contributed by atoms with Gasteiger partial charge in [-0.3, -0.25) is 9.59 Å². The van der Waals surface area contributed by atoms with Crippen LogP contribution in [0.25, 0.3) is 11.8 Å². The van der Waals surface area contributed by atoms with Crippen LogP contribution in [0.1, 0.15) is 22.8 Å². The van der Waals surface area contributed by atoms with E-state index in [9.17, 15) is 9.59 Å². The Bertz CT molecular complexity index is 910. The number of rotatable bonds is 5. The molecule has 0 saturated carbocycles. The molecule has 3 aromatic rings. The van der Waals surface area contributed by atoms with Crippen molar-refractivity contribution in [1.82, 2.24) is 9.55 Å². The third-order valence-electron chi connectivity index (χ3n) is 3.66. The van der Waals surface area contributed by atoms with Crippen LogP contribution in [0.4, 0.5) is 5.69 Å². The van der Waals surface area contributed by atoms with Crippen molar-refractivity contribution in [3.05, 3.63) is 84.5 Å². The number of hydrogen-bond acceptors (Lipinski definition) is 3. The van der Waals surface area contributed by atoms with Crippen molar-refractivity contribution in [3.63, 3.8) is 0 Å². The molecule has 0 radical (unpaired) electrons. The summed E-state index contributed by atoms with van der Waals surface area (Å²) in [5.41, 5.74) is 3.08. The Balaban J connectivity index is 1.64. The van der Waals surface area contributed by atoms with Crippen molar-refractivity contribution in [1.29, 1.82) is 0 Å².